The fraction of sp³-hybridized carbons (Fsp3) is 0.150. The largest absolute Gasteiger partial charge is 0.508 e. The summed E-state index contributed by atoms with van der Waals surface area (Å²) in [5.41, 5.74) is -0.0380. The van der Waals surface area contributed by atoms with Gasteiger partial charge in [-0.3, -0.25) is 14.3 Å². The van der Waals surface area contributed by atoms with Gasteiger partial charge in [0.2, 0.25) is 5.91 Å². The maximum atomic E-state index is 13.7. The number of nitrogens with one attached hydrogen (secondary N) is 1. The molecule has 30 heavy (non-hydrogen) atoms. The summed E-state index contributed by atoms with van der Waals surface area (Å²) >= 11 is 0. The van der Waals surface area contributed by atoms with E-state index in [2.05, 4.69) is 10.4 Å². The fourth-order valence-corrected chi connectivity index (χ4v) is 3.44. The number of nitrogens with zero attached hydrogens (tertiary/aromatic N) is 3. The molecule has 1 amide bonds. The van der Waals surface area contributed by atoms with Crippen molar-refractivity contribution < 1.29 is 23.8 Å². The molecule has 0 aliphatic carbocycles. The predicted molar refractivity (Wildman–Crippen MR) is 105 cm³/mol. The third-order valence-corrected chi connectivity index (χ3v) is 4.79. The summed E-state index contributed by atoms with van der Waals surface area (Å²) in [5, 5.41) is 27.2. The molecular formula is C20H16F2N4O4. The standard InChI is InChI=1S/C20H16F2N4O4/c1-25-19-12(9-23-25)20(30)26(15-7-11(27)8-16(28)18(15)19)5-4-17(29)24-14-3-2-10(21)6-13(14)22/h2-3,6-9,27-28H,4-5H2,1H3,(H,24,29). The van der Waals surface area contributed by atoms with Gasteiger partial charge in [0, 0.05) is 38.2 Å². The number of aromatic hydroxyl groups is 2. The molecule has 10 heteroatoms. The zero-order valence-corrected chi connectivity index (χ0v) is 15.7. The molecule has 2 aromatic heterocycles. The van der Waals surface area contributed by atoms with Crippen LogP contribution >= 0.6 is 0 Å². The normalized spacial score (nSPS) is 11.3. The highest BCUT2D eigenvalue weighted by atomic mass is 19.1. The van der Waals surface area contributed by atoms with Crippen LogP contribution in [0.15, 0.2) is 41.3 Å². The molecule has 0 aliphatic heterocycles. The van der Waals surface area contributed by atoms with Gasteiger partial charge >= 0.3 is 0 Å². The number of amides is 1. The summed E-state index contributed by atoms with van der Waals surface area (Å²) in [7, 11) is 1.61. The van der Waals surface area contributed by atoms with E-state index in [1.165, 1.54) is 21.5 Å². The molecule has 4 rings (SSSR count). The first-order chi connectivity index (χ1) is 14.3. The number of aryl methyl sites for hydroxylation is 2. The molecule has 4 aromatic rings. The Morgan fingerprint density at radius 3 is 2.70 bits per heavy atom. The Labute approximate surface area is 167 Å². The number of fused-ring (bicyclic) bond motifs is 3. The smallest absolute Gasteiger partial charge is 0.262 e. The van der Waals surface area contributed by atoms with Gasteiger partial charge in [0.25, 0.3) is 5.56 Å². The van der Waals surface area contributed by atoms with Crippen molar-refractivity contribution in [2.24, 2.45) is 7.05 Å². The predicted octanol–water partition coefficient (Wildman–Crippen LogP) is 2.61. The number of hydrogen-bond donors (Lipinski definition) is 3. The number of pyridine rings is 1. The Morgan fingerprint density at radius 2 is 1.97 bits per heavy atom. The van der Waals surface area contributed by atoms with Crippen LogP contribution in [0.25, 0.3) is 21.8 Å². The molecule has 2 heterocycles. The van der Waals surface area contributed by atoms with Crippen LogP contribution in [0.2, 0.25) is 0 Å². The molecule has 0 saturated carbocycles. The zero-order chi connectivity index (χ0) is 21.6. The zero-order valence-electron chi connectivity index (χ0n) is 15.7. The van der Waals surface area contributed by atoms with Crippen molar-refractivity contribution in [3.8, 4) is 11.5 Å². The number of phenolic OH excluding ortho intramolecular Hbond substituents is 2. The molecule has 0 saturated heterocycles. The average molecular weight is 414 g/mol. The molecule has 0 unspecified atom stereocenters. The number of aromatic nitrogens is 3. The maximum absolute atomic E-state index is 13.7. The average Bonchev–Trinajstić information content (AvgIpc) is 3.05. The Hall–Kier alpha value is -3.95. The van der Waals surface area contributed by atoms with Gasteiger partial charge in [0.15, 0.2) is 0 Å². The van der Waals surface area contributed by atoms with Crippen molar-refractivity contribution in [2.75, 3.05) is 5.32 Å². The second kappa shape index (κ2) is 7.14. The molecule has 8 nitrogen and oxygen atoms in total. The van der Waals surface area contributed by atoms with Gasteiger partial charge in [-0.1, -0.05) is 0 Å². The number of rotatable bonds is 4. The third kappa shape index (κ3) is 3.21. The Kier molecular flexibility index (Phi) is 4.61. The summed E-state index contributed by atoms with van der Waals surface area (Å²) in [5.74, 6) is -2.79. The fourth-order valence-electron chi connectivity index (χ4n) is 3.44. The minimum Gasteiger partial charge on any atom is -0.508 e. The van der Waals surface area contributed by atoms with Gasteiger partial charge in [0.1, 0.15) is 23.1 Å². The van der Waals surface area contributed by atoms with Crippen molar-refractivity contribution in [1.29, 1.82) is 0 Å². The second-order valence-corrected chi connectivity index (χ2v) is 6.77. The quantitative estimate of drug-likeness (QED) is 0.476. The van der Waals surface area contributed by atoms with Crippen LogP contribution in [-0.2, 0) is 18.4 Å². The van der Waals surface area contributed by atoms with Crippen molar-refractivity contribution >= 4 is 33.4 Å². The Balaban J connectivity index is 1.72. The van der Waals surface area contributed by atoms with E-state index >= 15 is 0 Å². The van der Waals surface area contributed by atoms with Crippen molar-refractivity contribution in [3.05, 3.63) is 58.5 Å². The van der Waals surface area contributed by atoms with Crippen LogP contribution in [0.1, 0.15) is 6.42 Å². The molecule has 0 fully saturated rings. The topological polar surface area (TPSA) is 109 Å². The number of benzene rings is 2. The number of hydrogen-bond acceptors (Lipinski definition) is 5. The van der Waals surface area contributed by atoms with Crippen LogP contribution in [0, 0.1) is 11.6 Å². The lowest BCUT2D eigenvalue weighted by Gasteiger charge is -2.14. The van der Waals surface area contributed by atoms with E-state index in [-0.39, 0.29) is 41.1 Å². The molecule has 154 valence electrons. The number of halogens is 2. The lowest BCUT2D eigenvalue weighted by Crippen LogP contribution is -2.24. The highest BCUT2D eigenvalue weighted by Crippen LogP contribution is 2.33. The lowest BCUT2D eigenvalue weighted by atomic mass is 10.1. The van der Waals surface area contributed by atoms with Crippen LogP contribution in [0.3, 0.4) is 0 Å². The molecule has 0 spiro atoms. The first kappa shape index (κ1) is 19.4. The number of carbonyl (C=O) groups is 1. The highest BCUT2D eigenvalue weighted by Gasteiger charge is 2.19. The van der Waals surface area contributed by atoms with Crippen molar-refractivity contribution in [1.82, 2.24) is 14.3 Å². The molecule has 0 radical (unpaired) electrons. The van der Waals surface area contributed by atoms with E-state index in [0.29, 0.717) is 17.0 Å². The third-order valence-electron chi connectivity index (χ3n) is 4.79. The monoisotopic (exact) mass is 414 g/mol. The summed E-state index contributed by atoms with van der Waals surface area (Å²) in [6.45, 7) is -0.113. The highest BCUT2D eigenvalue weighted by molar-refractivity contribution is 6.07. The van der Waals surface area contributed by atoms with Crippen LogP contribution in [0.4, 0.5) is 14.5 Å². The van der Waals surface area contributed by atoms with Crippen molar-refractivity contribution in [2.45, 2.75) is 13.0 Å². The number of phenols is 2. The number of anilines is 1. The first-order valence-corrected chi connectivity index (χ1v) is 8.91. The molecule has 3 N–H and O–H groups in total. The maximum Gasteiger partial charge on any atom is 0.262 e. The molecular weight excluding hydrogens is 398 g/mol. The van der Waals surface area contributed by atoms with Gasteiger partial charge in [-0.15, -0.1) is 0 Å². The van der Waals surface area contributed by atoms with E-state index in [1.54, 1.807) is 7.05 Å². The molecule has 0 bridgehead atoms. The lowest BCUT2D eigenvalue weighted by molar-refractivity contribution is -0.116. The molecule has 0 aliphatic rings. The van der Waals surface area contributed by atoms with Gasteiger partial charge in [0.05, 0.1) is 33.7 Å². The van der Waals surface area contributed by atoms with Gasteiger partial charge in [-0.25, -0.2) is 8.78 Å². The van der Waals surface area contributed by atoms with E-state index < -0.39 is 23.1 Å². The van der Waals surface area contributed by atoms with Crippen LogP contribution < -0.4 is 10.9 Å². The molecule has 0 atom stereocenters. The van der Waals surface area contributed by atoms with E-state index in [0.717, 1.165) is 18.2 Å². The van der Waals surface area contributed by atoms with E-state index in [9.17, 15) is 28.6 Å². The number of carbonyl (C=O) groups excluding carboxylic acids is 1. The Morgan fingerprint density at radius 1 is 1.20 bits per heavy atom. The summed E-state index contributed by atoms with van der Waals surface area (Å²) < 4.78 is 29.4. The van der Waals surface area contributed by atoms with Gasteiger partial charge < -0.3 is 20.1 Å². The van der Waals surface area contributed by atoms with Crippen LogP contribution in [0.5, 0.6) is 11.5 Å². The SMILES string of the molecule is Cn1ncc2c(=O)n(CCC(=O)Nc3ccc(F)cc3F)c3cc(O)cc(O)c3c21. The Bertz CT molecular complexity index is 1380. The second-order valence-electron chi connectivity index (χ2n) is 6.77. The van der Waals surface area contributed by atoms with Crippen molar-refractivity contribution in [3.63, 3.8) is 0 Å². The minimum absolute atomic E-state index is 0.113. The van der Waals surface area contributed by atoms with Gasteiger partial charge in [-0.05, 0) is 12.1 Å². The molecule has 2 aromatic carbocycles. The summed E-state index contributed by atoms with van der Waals surface area (Å²) in [4.78, 5) is 25.2. The van der Waals surface area contributed by atoms with Gasteiger partial charge in [-0.2, -0.15) is 5.10 Å². The summed E-state index contributed by atoms with van der Waals surface area (Å²) in [6.07, 6.45) is 1.14. The summed E-state index contributed by atoms with van der Waals surface area (Å²) in [6, 6.07) is 5.21. The minimum atomic E-state index is -0.919. The first-order valence-electron chi connectivity index (χ1n) is 8.91. The van der Waals surface area contributed by atoms with E-state index in [1.807, 2.05) is 0 Å². The van der Waals surface area contributed by atoms with E-state index in [4.69, 9.17) is 0 Å². The van der Waals surface area contributed by atoms with Crippen LogP contribution in [-0.4, -0.2) is 30.5 Å².